The molecule has 1 N–H and O–H groups in total. The molecule has 2 rings (SSSR count). The Bertz CT molecular complexity index is 718. The predicted octanol–water partition coefficient (Wildman–Crippen LogP) is 3.60. The molecule has 0 saturated heterocycles. The van der Waals surface area contributed by atoms with Crippen LogP contribution < -0.4 is 10.1 Å². The molecule has 0 saturated carbocycles. The van der Waals surface area contributed by atoms with Crippen LogP contribution in [0.2, 0.25) is 0 Å². The number of rotatable bonds is 8. The molecule has 1 aromatic carbocycles. The number of methoxy groups -OCH3 is 1. The monoisotopic (exact) mass is 355 g/mol. The van der Waals surface area contributed by atoms with Gasteiger partial charge in [0.05, 0.1) is 7.11 Å². The Morgan fingerprint density at radius 2 is 2.04 bits per heavy atom. The van der Waals surface area contributed by atoms with Crippen LogP contribution in [-0.2, 0) is 12.8 Å². The van der Waals surface area contributed by atoms with E-state index in [0.29, 0.717) is 6.54 Å². The molecular formula is C21H29N3O2. The van der Waals surface area contributed by atoms with Crippen molar-refractivity contribution in [3.8, 4) is 5.75 Å². The Balaban J connectivity index is 1.77. The van der Waals surface area contributed by atoms with Crippen LogP contribution in [0, 0.1) is 6.92 Å². The zero-order chi connectivity index (χ0) is 18.9. The molecule has 1 aromatic heterocycles. The fourth-order valence-corrected chi connectivity index (χ4v) is 2.86. The number of para-hydroxylation sites is 1. The number of carbonyl (C=O) groups is 1. The lowest BCUT2D eigenvalue weighted by molar-refractivity contribution is 0.193. The molecule has 2 amide bonds. The molecule has 0 aliphatic heterocycles. The van der Waals surface area contributed by atoms with E-state index >= 15 is 0 Å². The highest BCUT2D eigenvalue weighted by atomic mass is 16.5. The standard InChI is InChI=1S/C21H29N3O2/c1-16-9-7-13-22-19(16)15-17(2)24(3)21(25)23-14-8-11-18-10-5-6-12-20(18)26-4/h5-7,9-10,12-13,17H,8,11,14-15H2,1-4H3,(H,23,25)/t17-/m1/s1. The van der Waals surface area contributed by atoms with Crippen molar-refractivity contribution in [3.05, 3.63) is 59.4 Å². The number of ether oxygens (including phenoxy) is 1. The quantitative estimate of drug-likeness (QED) is 0.736. The third-order valence-corrected chi connectivity index (χ3v) is 4.68. The smallest absolute Gasteiger partial charge is 0.317 e. The molecule has 0 bridgehead atoms. The molecule has 0 aliphatic carbocycles. The van der Waals surface area contributed by atoms with Gasteiger partial charge in [0.1, 0.15) is 5.75 Å². The second-order valence-electron chi connectivity index (χ2n) is 6.58. The lowest BCUT2D eigenvalue weighted by Gasteiger charge is -2.25. The molecule has 26 heavy (non-hydrogen) atoms. The Morgan fingerprint density at radius 1 is 1.27 bits per heavy atom. The fraction of sp³-hybridized carbons (Fsp3) is 0.429. The average molecular weight is 355 g/mol. The van der Waals surface area contributed by atoms with E-state index in [1.54, 1.807) is 18.2 Å². The van der Waals surface area contributed by atoms with E-state index in [1.807, 2.05) is 51.2 Å². The van der Waals surface area contributed by atoms with Gasteiger partial charge in [-0.15, -0.1) is 0 Å². The lowest BCUT2D eigenvalue weighted by atomic mass is 10.1. The topological polar surface area (TPSA) is 54.5 Å². The first-order valence-corrected chi connectivity index (χ1v) is 9.06. The number of carbonyl (C=O) groups excluding carboxylic acids is 1. The van der Waals surface area contributed by atoms with Crippen LogP contribution in [0.25, 0.3) is 0 Å². The number of nitrogens with zero attached hydrogens (tertiary/aromatic N) is 2. The number of nitrogens with one attached hydrogen (secondary N) is 1. The van der Waals surface area contributed by atoms with E-state index in [0.717, 1.165) is 41.8 Å². The Morgan fingerprint density at radius 3 is 2.77 bits per heavy atom. The van der Waals surface area contributed by atoms with E-state index < -0.39 is 0 Å². The second-order valence-corrected chi connectivity index (χ2v) is 6.58. The largest absolute Gasteiger partial charge is 0.496 e. The van der Waals surface area contributed by atoms with Gasteiger partial charge in [0, 0.05) is 37.9 Å². The van der Waals surface area contributed by atoms with Crippen LogP contribution >= 0.6 is 0 Å². The zero-order valence-electron chi connectivity index (χ0n) is 16.2. The minimum atomic E-state index is -0.0499. The highest BCUT2D eigenvalue weighted by molar-refractivity contribution is 5.74. The maximum atomic E-state index is 12.4. The average Bonchev–Trinajstić information content (AvgIpc) is 2.66. The van der Waals surface area contributed by atoms with E-state index in [1.165, 1.54) is 0 Å². The van der Waals surface area contributed by atoms with E-state index in [2.05, 4.69) is 16.4 Å². The number of benzene rings is 1. The number of aromatic nitrogens is 1. The summed E-state index contributed by atoms with van der Waals surface area (Å²) in [4.78, 5) is 18.5. The zero-order valence-corrected chi connectivity index (χ0v) is 16.2. The van der Waals surface area contributed by atoms with E-state index in [9.17, 15) is 4.79 Å². The highest BCUT2D eigenvalue weighted by Gasteiger charge is 2.17. The van der Waals surface area contributed by atoms with Crippen molar-refractivity contribution >= 4 is 6.03 Å². The van der Waals surface area contributed by atoms with Crippen LogP contribution in [0.5, 0.6) is 5.75 Å². The maximum absolute atomic E-state index is 12.4. The van der Waals surface area contributed by atoms with Crippen molar-refractivity contribution in [2.24, 2.45) is 0 Å². The Kier molecular flexibility index (Phi) is 7.45. The predicted molar refractivity (Wildman–Crippen MR) is 105 cm³/mol. The van der Waals surface area contributed by atoms with E-state index in [-0.39, 0.29) is 12.1 Å². The molecule has 0 fully saturated rings. The van der Waals surface area contributed by atoms with Gasteiger partial charge >= 0.3 is 6.03 Å². The van der Waals surface area contributed by atoms with Crippen LogP contribution in [-0.4, -0.2) is 42.7 Å². The molecule has 0 radical (unpaired) electrons. The summed E-state index contributed by atoms with van der Waals surface area (Å²) in [5, 5.41) is 3.00. The van der Waals surface area contributed by atoms with Gasteiger partial charge in [-0.05, 0) is 49.9 Å². The SMILES string of the molecule is COc1ccccc1CCCNC(=O)N(C)[C@H](C)Cc1ncccc1C. The minimum Gasteiger partial charge on any atom is -0.496 e. The van der Waals surface area contributed by atoms with Crippen molar-refractivity contribution in [1.29, 1.82) is 0 Å². The third kappa shape index (κ3) is 5.48. The first-order chi connectivity index (χ1) is 12.5. The van der Waals surface area contributed by atoms with Crippen molar-refractivity contribution in [2.75, 3.05) is 20.7 Å². The summed E-state index contributed by atoms with van der Waals surface area (Å²) in [6.45, 7) is 4.73. The molecule has 1 heterocycles. The Hall–Kier alpha value is -2.56. The van der Waals surface area contributed by atoms with Crippen LogP contribution in [0.15, 0.2) is 42.6 Å². The van der Waals surface area contributed by atoms with Crippen LogP contribution in [0.1, 0.15) is 30.2 Å². The van der Waals surface area contributed by atoms with Crippen molar-refractivity contribution in [2.45, 2.75) is 39.2 Å². The molecule has 5 heteroatoms. The summed E-state index contributed by atoms with van der Waals surface area (Å²) in [5.41, 5.74) is 3.36. The molecule has 0 unspecified atom stereocenters. The van der Waals surface area contributed by atoms with Gasteiger partial charge in [-0.25, -0.2) is 4.79 Å². The van der Waals surface area contributed by atoms with Crippen molar-refractivity contribution in [3.63, 3.8) is 0 Å². The van der Waals surface area contributed by atoms with E-state index in [4.69, 9.17) is 4.74 Å². The van der Waals surface area contributed by atoms with Gasteiger partial charge in [0.2, 0.25) is 0 Å². The van der Waals surface area contributed by atoms with Gasteiger partial charge in [0.15, 0.2) is 0 Å². The number of hydrogen-bond acceptors (Lipinski definition) is 3. The number of pyridine rings is 1. The van der Waals surface area contributed by atoms with Gasteiger partial charge in [-0.2, -0.15) is 0 Å². The number of amides is 2. The maximum Gasteiger partial charge on any atom is 0.317 e. The molecule has 2 aromatic rings. The molecule has 1 atom stereocenters. The lowest BCUT2D eigenvalue weighted by Crippen LogP contribution is -2.43. The molecule has 0 spiro atoms. The third-order valence-electron chi connectivity index (χ3n) is 4.68. The fourth-order valence-electron chi connectivity index (χ4n) is 2.86. The summed E-state index contributed by atoms with van der Waals surface area (Å²) in [7, 11) is 3.51. The van der Waals surface area contributed by atoms with Gasteiger partial charge < -0.3 is 15.0 Å². The van der Waals surface area contributed by atoms with Gasteiger partial charge in [0.25, 0.3) is 0 Å². The number of hydrogen-bond donors (Lipinski definition) is 1. The molecule has 0 aliphatic rings. The van der Waals surface area contributed by atoms with Crippen molar-refractivity contribution in [1.82, 2.24) is 15.2 Å². The first kappa shape index (κ1) is 19.8. The number of likely N-dealkylation sites (N-methyl/N-ethyl adjacent to an activating group) is 1. The van der Waals surface area contributed by atoms with Crippen LogP contribution in [0.3, 0.4) is 0 Å². The highest BCUT2D eigenvalue weighted by Crippen LogP contribution is 2.18. The van der Waals surface area contributed by atoms with Crippen LogP contribution in [0.4, 0.5) is 4.79 Å². The minimum absolute atomic E-state index is 0.0499. The summed E-state index contributed by atoms with van der Waals surface area (Å²) >= 11 is 0. The number of aryl methyl sites for hydroxylation is 2. The molecular weight excluding hydrogens is 326 g/mol. The van der Waals surface area contributed by atoms with Gasteiger partial charge in [-0.3, -0.25) is 4.98 Å². The van der Waals surface area contributed by atoms with Crippen molar-refractivity contribution < 1.29 is 9.53 Å². The number of urea groups is 1. The molecule has 5 nitrogen and oxygen atoms in total. The first-order valence-electron chi connectivity index (χ1n) is 9.06. The summed E-state index contributed by atoms with van der Waals surface area (Å²) in [6, 6.07) is 12.0. The normalized spacial score (nSPS) is 11.7. The second kappa shape index (κ2) is 9.80. The Labute approximate surface area is 156 Å². The summed E-state index contributed by atoms with van der Waals surface area (Å²) in [5.74, 6) is 0.898. The van der Waals surface area contributed by atoms with Gasteiger partial charge in [-0.1, -0.05) is 24.3 Å². The summed E-state index contributed by atoms with van der Waals surface area (Å²) in [6.07, 6.45) is 4.29. The molecule has 140 valence electrons. The summed E-state index contributed by atoms with van der Waals surface area (Å²) < 4.78 is 5.36.